The Hall–Kier alpha value is -0.870. The van der Waals surface area contributed by atoms with Crippen LogP contribution in [-0.2, 0) is 4.74 Å². The molecule has 0 aliphatic carbocycles. The molecule has 15 heavy (non-hydrogen) atoms. The van der Waals surface area contributed by atoms with Crippen LogP contribution < -0.4 is 5.32 Å². The van der Waals surface area contributed by atoms with Crippen molar-refractivity contribution < 1.29 is 9.53 Å². The molecule has 0 saturated carbocycles. The molecule has 0 aliphatic rings. The van der Waals surface area contributed by atoms with Crippen LogP contribution in [-0.4, -0.2) is 25.7 Å². The van der Waals surface area contributed by atoms with Crippen LogP contribution in [0.5, 0.6) is 0 Å². The standard InChI is InChI=1S/C11H17NO2S/c1-3-14-8-4-7-12-11(13)10-6-5-9(2)15-10/h5-6H,3-4,7-8H2,1-2H3,(H,12,13). The fourth-order valence-electron chi connectivity index (χ4n) is 1.16. The minimum Gasteiger partial charge on any atom is -0.382 e. The van der Waals surface area contributed by atoms with E-state index in [9.17, 15) is 4.79 Å². The molecule has 4 heteroatoms. The summed E-state index contributed by atoms with van der Waals surface area (Å²) < 4.78 is 5.18. The van der Waals surface area contributed by atoms with Crippen molar-refractivity contribution in [1.82, 2.24) is 5.32 Å². The first-order chi connectivity index (χ1) is 7.24. The highest BCUT2D eigenvalue weighted by atomic mass is 32.1. The molecular formula is C11H17NO2S. The lowest BCUT2D eigenvalue weighted by Crippen LogP contribution is -2.24. The normalized spacial score (nSPS) is 10.3. The van der Waals surface area contributed by atoms with Gasteiger partial charge in [0, 0.05) is 24.6 Å². The molecule has 0 fully saturated rings. The zero-order valence-electron chi connectivity index (χ0n) is 9.21. The molecule has 0 saturated heterocycles. The number of amides is 1. The van der Waals surface area contributed by atoms with Crippen LogP contribution in [0.3, 0.4) is 0 Å². The van der Waals surface area contributed by atoms with Crippen LogP contribution >= 0.6 is 11.3 Å². The van der Waals surface area contributed by atoms with E-state index in [0.717, 1.165) is 22.8 Å². The Bertz CT molecular complexity index is 309. The molecular weight excluding hydrogens is 210 g/mol. The third-order valence-electron chi connectivity index (χ3n) is 1.92. The van der Waals surface area contributed by atoms with E-state index in [4.69, 9.17) is 4.74 Å². The summed E-state index contributed by atoms with van der Waals surface area (Å²) in [6.07, 6.45) is 0.865. The Balaban J connectivity index is 2.19. The monoisotopic (exact) mass is 227 g/mol. The molecule has 1 N–H and O–H groups in total. The molecule has 0 aliphatic heterocycles. The number of carbonyl (C=O) groups excluding carboxylic acids is 1. The Kier molecular flexibility index (Phi) is 5.36. The lowest BCUT2D eigenvalue weighted by atomic mass is 10.4. The highest BCUT2D eigenvalue weighted by Crippen LogP contribution is 2.14. The van der Waals surface area contributed by atoms with E-state index in [1.54, 1.807) is 0 Å². The van der Waals surface area contributed by atoms with Crippen LogP contribution in [0.4, 0.5) is 0 Å². The third-order valence-corrected chi connectivity index (χ3v) is 2.92. The van der Waals surface area contributed by atoms with Gasteiger partial charge >= 0.3 is 0 Å². The molecule has 0 spiro atoms. The van der Waals surface area contributed by atoms with Crippen molar-refractivity contribution in [2.24, 2.45) is 0 Å². The summed E-state index contributed by atoms with van der Waals surface area (Å²) in [7, 11) is 0. The average molecular weight is 227 g/mol. The van der Waals surface area contributed by atoms with E-state index >= 15 is 0 Å². The van der Waals surface area contributed by atoms with Crippen LogP contribution in [0.25, 0.3) is 0 Å². The fourth-order valence-corrected chi connectivity index (χ4v) is 1.95. The highest BCUT2D eigenvalue weighted by Gasteiger charge is 2.06. The van der Waals surface area contributed by atoms with Crippen molar-refractivity contribution in [2.45, 2.75) is 20.3 Å². The lowest BCUT2D eigenvalue weighted by Gasteiger charge is -2.03. The zero-order valence-corrected chi connectivity index (χ0v) is 10.0. The third kappa shape index (κ3) is 4.44. The quantitative estimate of drug-likeness (QED) is 0.757. The van der Waals surface area contributed by atoms with Gasteiger partial charge in [-0.1, -0.05) is 0 Å². The molecule has 1 amide bonds. The molecule has 0 radical (unpaired) electrons. The Morgan fingerprint density at radius 1 is 1.53 bits per heavy atom. The number of carbonyl (C=O) groups is 1. The second-order valence-corrected chi connectivity index (χ2v) is 4.50. The van der Waals surface area contributed by atoms with Gasteiger partial charge in [0.25, 0.3) is 5.91 Å². The SMILES string of the molecule is CCOCCCNC(=O)c1ccc(C)s1. The van der Waals surface area contributed by atoms with Gasteiger partial charge in [0.15, 0.2) is 0 Å². The molecule has 0 aromatic carbocycles. The summed E-state index contributed by atoms with van der Waals surface area (Å²) in [6.45, 7) is 6.08. The van der Waals surface area contributed by atoms with Crippen LogP contribution in [0, 0.1) is 6.92 Å². The Morgan fingerprint density at radius 2 is 2.33 bits per heavy atom. The first-order valence-corrected chi connectivity index (χ1v) is 5.98. The molecule has 84 valence electrons. The lowest BCUT2D eigenvalue weighted by molar-refractivity contribution is 0.0948. The first kappa shape index (κ1) is 12.2. The molecule has 0 bridgehead atoms. The Morgan fingerprint density at radius 3 is 2.93 bits per heavy atom. The summed E-state index contributed by atoms with van der Waals surface area (Å²) in [5, 5.41) is 2.86. The summed E-state index contributed by atoms with van der Waals surface area (Å²) >= 11 is 1.52. The smallest absolute Gasteiger partial charge is 0.261 e. The average Bonchev–Trinajstić information content (AvgIpc) is 2.64. The maximum absolute atomic E-state index is 11.5. The largest absolute Gasteiger partial charge is 0.382 e. The van der Waals surface area contributed by atoms with E-state index in [-0.39, 0.29) is 5.91 Å². The summed E-state index contributed by atoms with van der Waals surface area (Å²) in [6, 6.07) is 3.82. The van der Waals surface area contributed by atoms with Crippen molar-refractivity contribution in [2.75, 3.05) is 19.8 Å². The number of thiophene rings is 1. The van der Waals surface area contributed by atoms with Crippen LogP contribution in [0.15, 0.2) is 12.1 Å². The minimum atomic E-state index is 0.0181. The molecule has 3 nitrogen and oxygen atoms in total. The molecule has 1 rings (SSSR count). The number of ether oxygens (including phenoxy) is 1. The predicted molar refractivity (Wildman–Crippen MR) is 62.5 cm³/mol. The molecule has 1 aromatic rings. The number of hydrogen-bond acceptors (Lipinski definition) is 3. The van der Waals surface area contributed by atoms with Crippen molar-refractivity contribution in [3.8, 4) is 0 Å². The van der Waals surface area contributed by atoms with Gasteiger partial charge in [0.1, 0.15) is 0 Å². The maximum Gasteiger partial charge on any atom is 0.261 e. The number of nitrogens with one attached hydrogen (secondary N) is 1. The topological polar surface area (TPSA) is 38.3 Å². The number of rotatable bonds is 6. The van der Waals surface area contributed by atoms with Gasteiger partial charge in [-0.3, -0.25) is 4.79 Å². The van der Waals surface area contributed by atoms with Crippen molar-refractivity contribution in [3.05, 3.63) is 21.9 Å². The highest BCUT2D eigenvalue weighted by molar-refractivity contribution is 7.13. The van der Waals surface area contributed by atoms with Gasteiger partial charge in [0.05, 0.1) is 4.88 Å². The van der Waals surface area contributed by atoms with Crippen LogP contribution in [0.2, 0.25) is 0 Å². The number of hydrogen-bond donors (Lipinski definition) is 1. The summed E-state index contributed by atoms with van der Waals surface area (Å²) in [4.78, 5) is 13.5. The summed E-state index contributed by atoms with van der Waals surface area (Å²) in [5.74, 6) is 0.0181. The van der Waals surface area contributed by atoms with Gasteiger partial charge < -0.3 is 10.1 Å². The molecule has 1 heterocycles. The van der Waals surface area contributed by atoms with E-state index in [1.165, 1.54) is 11.3 Å². The van der Waals surface area contributed by atoms with E-state index in [0.29, 0.717) is 13.2 Å². The molecule has 0 unspecified atom stereocenters. The van der Waals surface area contributed by atoms with Crippen molar-refractivity contribution >= 4 is 17.2 Å². The Labute approximate surface area is 94.5 Å². The van der Waals surface area contributed by atoms with Crippen molar-refractivity contribution in [3.63, 3.8) is 0 Å². The predicted octanol–water partition coefficient (Wildman–Crippen LogP) is 2.21. The van der Waals surface area contributed by atoms with Gasteiger partial charge in [-0.05, 0) is 32.4 Å². The van der Waals surface area contributed by atoms with Crippen LogP contribution in [0.1, 0.15) is 27.9 Å². The minimum absolute atomic E-state index is 0.0181. The second kappa shape index (κ2) is 6.58. The fraction of sp³-hybridized carbons (Fsp3) is 0.545. The number of aryl methyl sites for hydroxylation is 1. The summed E-state index contributed by atoms with van der Waals surface area (Å²) in [5.41, 5.74) is 0. The molecule has 1 aromatic heterocycles. The van der Waals surface area contributed by atoms with Gasteiger partial charge in [-0.2, -0.15) is 0 Å². The first-order valence-electron chi connectivity index (χ1n) is 5.16. The maximum atomic E-state index is 11.5. The second-order valence-electron chi connectivity index (χ2n) is 3.22. The van der Waals surface area contributed by atoms with E-state index in [2.05, 4.69) is 5.32 Å². The van der Waals surface area contributed by atoms with Gasteiger partial charge in [-0.15, -0.1) is 11.3 Å². The molecule has 0 atom stereocenters. The van der Waals surface area contributed by atoms with E-state index < -0.39 is 0 Å². The van der Waals surface area contributed by atoms with Gasteiger partial charge in [-0.25, -0.2) is 0 Å². The van der Waals surface area contributed by atoms with Crippen molar-refractivity contribution in [1.29, 1.82) is 0 Å². The van der Waals surface area contributed by atoms with E-state index in [1.807, 2.05) is 26.0 Å². The zero-order chi connectivity index (χ0) is 11.1. The van der Waals surface area contributed by atoms with Gasteiger partial charge in [0.2, 0.25) is 0 Å².